The highest BCUT2D eigenvalue weighted by Gasteiger charge is 2.23. The second kappa shape index (κ2) is 7.85. The van der Waals surface area contributed by atoms with Crippen molar-refractivity contribution >= 4 is 38.8 Å². The third kappa shape index (κ3) is 3.99. The number of para-hydroxylation sites is 1. The number of hydrogen-bond acceptors (Lipinski definition) is 6. The molecule has 0 radical (unpaired) electrons. The second-order valence-electron chi connectivity index (χ2n) is 5.67. The lowest BCUT2D eigenvalue weighted by atomic mass is 10.3. The van der Waals surface area contributed by atoms with Crippen LogP contribution < -0.4 is 9.62 Å². The van der Waals surface area contributed by atoms with E-state index >= 15 is 0 Å². The standard InChI is InChI=1S/C18H18N4O3S2/c1-3-22(15-7-5-4-6-8-15)27(24,25)16-11-9-14(10-12-16)19-18(23)17-13(2)20-21-26-17/h4-12H,3H2,1-2H3,(H,19,23). The number of hydrogen-bond donors (Lipinski definition) is 1. The number of aryl methyl sites for hydroxylation is 1. The topological polar surface area (TPSA) is 92.3 Å². The summed E-state index contributed by atoms with van der Waals surface area (Å²) in [6.45, 7) is 3.80. The van der Waals surface area contributed by atoms with Gasteiger partial charge in [-0.3, -0.25) is 9.10 Å². The maximum Gasteiger partial charge on any atom is 0.269 e. The quantitative estimate of drug-likeness (QED) is 0.683. The SMILES string of the molecule is CCN(c1ccccc1)S(=O)(=O)c1ccc(NC(=O)c2snnc2C)cc1. The minimum Gasteiger partial charge on any atom is -0.321 e. The van der Waals surface area contributed by atoms with Gasteiger partial charge in [0.1, 0.15) is 4.88 Å². The van der Waals surface area contributed by atoms with Crippen LogP contribution in [0, 0.1) is 6.92 Å². The molecule has 27 heavy (non-hydrogen) atoms. The highest BCUT2D eigenvalue weighted by Crippen LogP contribution is 2.24. The molecule has 0 spiro atoms. The number of benzene rings is 2. The van der Waals surface area contributed by atoms with Crippen LogP contribution in [-0.2, 0) is 10.0 Å². The Kier molecular flexibility index (Phi) is 5.52. The molecule has 0 aliphatic rings. The molecule has 1 N–H and O–H groups in total. The average molecular weight is 403 g/mol. The maximum atomic E-state index is 13.0. The van der Waals surface area contributed by atoms with Crippen LogP contribution in [0.25, 0.3) is 0 Å². The van der Waals surface area contributed by atoms with Crippen LogP contribution in [0.2, 0.25) is 0 Å². The zero-order chi connectivity index (χ0) is 19.4. The number of sulfonamides is 1. The summed E-state index contributed by atoms with van der Waals surface area (Å²) in [6.07, 6.45) is 0. The van der Waals surface area contributed by atoms with Crippen molar-refractivity contribution < 1.29 is 13.2 Å². The first-order chi connectivity index (χ1) is 12.9. The molecular weight excluding hydrogens is 384 g/mol. The third-order valence-electron chi connectivity index (χ3n) is 3.89. The molecule has 0 aliphatic heterocycles. The number of aromatic nitrogens is 2. The highest BCUT2D eigenvalue weighted by atomic mass is 32.2. The van der Waals surface area contributed by atoms with E-state index in [0.29, 0.717) is 28.5 Å². The Labute approximate surface area is 161 Å². The molecule has 3 aromatic rings. The second-order valence-corrected chi connectivity index (χ2v) is 8.29. The summed E-state index contributed by atoms with van der Waals surface area (Å²) >= 11 is 1.01. The predicted octanol–water partition coefficient (Wildman–Crippen LogP) is 3.31. The zero-order valence-corrected chi connectivity index (χ0v) is 16.4. The van der Waals surface area contributed by atoms with E-state index in [-0.39, 0.29) is 10.8 Å². The Balaban J connectivity index is 1.82. The summed E-state index contributed by atoms with van der Waals surface area (Å²) in [7, 11) is -3.70. The molecule has 0 atom stereocenters. The van der Waals surface area contributed by atoms with Crippen molar-refractivity contribution in [3.63, 3.8) is 0 Å². The Bertz CT molecular complexity index is 1030. The lowest BCUT2D eigenvalue weighted by molar-refractivity contribution is 0.103. The van der Waals surface area contributed by atoms with Gasteiger partial charge in [-0.05, 0) is 61.8 Å². The number of rotatable bonds is 6. The van der Waals surface area contributed by atoms with Gasteiger partial charge in [-0.2, -0.15) is 0 Å². The van der Waals surface area contributed by atoms with Gasteiger partial charge >= 0.3 is 0 Å². The van der Waals surface area contributed by atoms with Crippen molar-refractivity contribution in [1.82, 2.24) is 9.59 Å². The fraction of sp³-hybridized carbons (Fsp3) is 0.167. The largest absolute Gasteiger partial charge is 0.321 e. The Morgan fingerprint density at radius 1 is 1.11 bits per heavy atom. The van der Waals surface area contributed by atoms with Crippen molar-refractivity contribution in [2.24, 2.45) is 0 Å². The van der Waals surface area contributed by atoms with Gasteiger partial charge in [-0.15, -0.1) is 5.10 Å². The highest BCUT2D eigenvalue weighted by molar-refractivity contribution is 7.92. The van der Waals surface area contributed by atoms with Crippen LogP contribution in [0.5, 0.6) is 0 Å². The molecule has 0 bridgehead atoms. The van der Waals surface area contributed by atoms with E-state index in [1.54, 1.807) is 50.2 Å². The van der Waals surface area contributed by atoms with Crippen molar-refractivity contribution in [3.8, 4) is 0 Å². The Hall–Kier alpha value is -2.78. The van der Waals surface area contributed by atoms with Crippen molar-refractivity contribution in [2.45, 2.75) is 18.7 Å². The molecule has 0 fully saturated rings. The summed E-state index contributed by atoms with van der Waals surface area (Å²) in [4.78, 5) is 12.8. The summed E-state index contributed by atoms with van der Waals surface area (Å²) in [6, 6.07) is 15.0. The van der Waals surface area contributed by atoms with Crippen molar-refractivity contribution in [1.29, 1.82) is 0 Å². The van der Waals surface area contributed by atoms with E-state index in [4.69, 9.17) is 0 Å². The molecule has 1 aromatic heterocycles. The minimum atomic E-state index is -3.70. The first-order valence-corrected chi connectivity index (χ1v) is 10.4. The van der Waals surface area contributed by atoms with E-state index in [0.717, 1.165) is 11.5 Å². The van der Waals surface area contributed by atoms with Gasteiger partial charge in [0.2, 0.25) is 0 Å². The number of amides is 1. The molecule has 0 aliphatic carbocycles. The number of nitrogens with one attached hydrogen (secondary N) is 1. The monoisotopic (exact) mass is 402 g/mol. The fourth-order valence-corrected chi connectivity index (χ4v) is 4.58. The van der Waals surface area contributed by atoms with Gasteiger partial charge in [0.15, 0.2) is 0 Å². The van der Waals surface area contributed by atoms with Gasteiger partial charge in [-0.1, -0.05) is 22.7 Å². The number of carbonyl (C=O) groups is 1. The summed E-state index contributed by atoms with van der Waals surface area (Å²) in [5, 5.41) is 6.53. The summed E-state index contributed by atoms with van der Waals surface area (Å²) in [5.74, 6) is -0.322. The normalized spacial score (nSPS) is 11.2. The Morgan fingerprint density at radius 2 is 1.78 bits per heavy atom. The van der Waals surface area contributed by atoms with Gasteiger partial charge in [-0.25, -0.2) is 8.42 Å². The molecule has 1 amide bonds. The van der Waals surface area contributed by atoms with Crippen LogP contribution in [0.4, 0.5) is 11.4 Å². The molecule has 9 heteroatoms. The van der Waals surface area contributed by atoms with Crippen molar-refractivity contribution in [2.75, 3.05) is 16.2 Å². The van der Waals surface area contributed by atoms with Gasteiger partial charge < -0.3 is 5.32 Å². The van der Waals surface area contributed by atoms with Gasteiger partial charge in [0.25, 0.3) is 15.9 Å². The van der Waals surface area contributed by atoms with Crippen LogP contribution in [-0.4, -0.2) is 30.5 Å². The van der Waals surface area contributed by atoms with E-state index in [1.807, 2.05) is 6.07 Å². The Morgan fingerprint density at radius 3 is 2.33 bits per heavy atom. The first-order valence-electron chi connectivity index (χ1n) is 8.21. The molecule has 140 valence electrons. The zero-order valence-electron chi connectivity index (χ0n) is 14.8. The fourth-order valence-electron chi connectivity index (χ4n) is 2.55. The van der Waals surface area contributed by atoms with Crippen LogP contribution in [0.1, 0.15) is 22.3 Å². The van der Waals surface area contributed by atoms with Crippen LogP contribution in [0.15, 0.2) is 59.5 Å². The number of anilines is 2. The van der Waals surface area contributed by atoms with Crippen molar-refractivity contribution in [3.05, 3.63) is 65.2 Å². The van der Waals surface area contributed by atoms with E-state index in [2.05, 4.69) is 14.9 Å². The lowest BCUT2D eigenvalue weighted by Gasteiger charge is -2.23. The number of nitrogens with zero attached hydrogens (tertiary/aromatic N) is 3. The summed E-state index contributed by atoms with van der Waals surface area (Å²) < 4.78 is 31.0. The van der Waals surface area contributed by atoms with E-state index in [9.17, 15) is 13.2 Å². The first kappa shape index (κ1) is 19.0. The molecule has 0 saturated carbocycles. The average Bonchev–Trinajstić information content (AvgIpc) is 3.09. The van der Waals surface area contributed by atoms with Gasteiger partial charge in [0, 0.05) is 12.2 Å². The number of carbonyl (C=O) groups excluding carboxylic acids is 1. The molecular formula is C18H18N4O3S2. The van der Waals surface area contributed by atoms with Crippen LogP contribution in [0.3, 0.4) is 0 Å². The molecule has 3 rings (SSSR count). The lowest BCUT2D eigenvalue weighted by Crippen LogP contribution is -2.30. The minimum absolute atomic E-state index is 0.154. The molecule has 0 unspecified atom stereocenters. The molecule has 0 saturated heterocycles. The smallest absolute Gasteiger partial charge is 0.269 e. The van der Waals surface area contributed by atoms with E-state index in [1.165, 1.54) is 16.4 Å². The third-order valence-corrected chi connectivity index (χ3v) is 6.63. The van der Waals surface area contributed by atoms with Gasteiger partial charge in [0.05, 0.1) is 16.3 Å². The van der Waals surface area contributed by atoms with Crippen LogP contribution >= 0.6 is 11.5 Å². The molecule has 2 aromatic carbocycles. The predicted molar refractivity (Wildman–Crippen MR) is 106 cm³/mol. The maximum absolute atomic E-state index is 13.0. The molecule has 1 heterocycles. The van der Waals surface area contributed by atoms with E-state index < -0.39 is 10.0 Å². The molecule has 7 nitrogen and oxygen atoms in total. The summed E-state index contributed by atoms with van der Waals surface area (Å²) in [5.41, 5.74) is 1.65.